The van der Waals surface area contributed by atoms with Crippen molar-refractivity contribution in [1.29, 1.82) is 0 Å². The fraction of sp³-hybridized carbons (Fsp3) is 0.0571. The van der Waals surface area contributed by atoms with E-state index in [1.807, 2.05) is 0 Å². The normalized spacial score (nSPS) is 18.7. The van der Waals surface area contributed by atoms with Gasteiger partial charge in [-0.15, -0.1) is 0 Å². The van der Waals surface area contributed by atoms with E-state index in [-0.39, 0.29) is 11.1 Å². The van der Waals surface area contributed by atoms with Gasteiger partial charge in [0.05, 0.1) is 11.5 Å². The maximum atomic E-state index is 16.0. The molecule has 0 saturated carbocycles. The largest absolute Gasteiger partial charge is 0.297 e. The first-order valence-corrected chi connectivity index (χ1v) is 12.9. The Morgan fingerprint density at radius 1 is 0.488 bits per heavy atom. The lowest BCUT2D eigenvalue weighted by molar-refractivity contribution is -0.121. The molecule has 0 radical (unpaired) electrons. The van der Waals surface area contributed by atoms with Crippen molar-refractivity contribution in [2.24, 2.45) is 0 Å². The van der Waals surface area contributed by atoms with E-state index in [9.17, 15) is 13.2 Å². The molecular weight excluding hydrogens is 531 g/mol. The van der Waals surface area contributed by atoms with Gasteiger partial charge in [0, 0.05) is 0 Å². The van der Waals surface area contributed by atoms with Crippen LogP contribution in [0.1, 0.15) is 33.7 Å². The first-order valence-electron chi connectivity index (χ1n) is 12.9. The Balaban J connectivity index is 1.89. The first kappa shape index (κ1) is 26.4. The summed E-state index contributed by atoms with van der Waals surface area (Å²) in [6.45, 7) is 0. The summed E-state index contributed by atoms with van der Waals surface area (Å²) in [6.07, 6.45) is 0. The van der Waals surface area contributed by atoms with Gasteiger partial charge in [-0.25, -0.2) is 22.0 Å². The molecule has 5 aromatic carbocycles. The number of carbonyl (C=O) groups excluding carboxylic acids is 1. The molecule has 0 aliphatic heterocycles. The third kappa shape index (κ3) is 3.93. The number of Topliss-reactive ketones (excluding diaryl/α,β-unsaturated/α-hetero) is 1. The molecule has 1 nitrogen and oxygen atoms in total. The average Bonchev–Trinajstić information content (AvgIpc) is 3.30. The molecule has 6 heteroatoms. The summed E-state index contributed by atoms with van der Waals surface area (Å²) in [7, 11) is 0. The molecule has 6 rings (SSSR count). The lowest BCUT2D eigenvalue weighted by Crippen LogP contribution is -2.39. The Kier molecular flexibility index (Phi) is 6.62. The van der Waals surface area contributed by atoms with Gasteiger partial charge in [0.1, 0.15) is 5.41 Å². The number of carbonyl (C=O) groups is 1. The summed E-state index contributed by atoms with van der Waals surface area (Å²) in [5, 5.41) is 0. The number of ketones is 1. The Labute approximate surface area is 233 Å². The quantitative estimate of drug-likeness (QED) is 0.121. The topological polar surface area (TPSA) is 17.1 Å². The average molecular weight is 553 g/mol. The zero-order valence-electron chi connectivity index (χ0n) is 21.4. The highest BCUT2D eigenvalue weighted by Crippen LogP contribution is 2.60. The van der Waals surface area contributed by atoms with Crippen molar-refractivity contribution in [1.82, 2.24) is 0 Å². The van der Waals surface area contributed by atoms with E-state index in [0.717, 1.165) is 0 Å². The molecule has 0 unspecified atom stereocenters. The molecule has 0 fully saturated rings. The van der Waals surface area contributed by atoms with Gasteiger partial charge in [-0.3, -0.25) is 4.79 Å². The monoisotopic (exact) mass is 552 g/mol. The first-order chi connectivity index (χ1) is 19.9. The lowest BCUT2D eigenvalue weighted by Gasteiger charge is -2.34. The van der Waals surface area contributed by atoms with E-state index in [2.05, 4.69) is 0 Å². The van der Waals surface area contributed by atoms with Crippen LogP contribution >= 0.6 is 0 Å². The third-order valence-electron chi connectivity index (χ3n) is 7.64. The van der Waals surface area contributed by atoms with Crippen molar-refractivity contribution in [3.8, 4) is 0 Å². The van der Waals surface area contributed by atoms with Gasteiger partial charge in [0.25, 0.3) is 0 Å². The van der Waals surface area contributed by atoms with Crippen LogP contribution in [0.25, 0.3) is 11.1 Å². The number of hydrogen-bond acceptors (Lipinski definition) is 1. The van der Waals surface area contributed by atoms with E-state index in [1.165, 1.54) is 12.1 Å². The van der Waals surface area contributed by atoms with Crippen molar-refractivity contribution < 1.29 is 26.7 Å². The molecule has 0 bridgehead atoms. The van der Waals surface area contributed by atoms with Gasteiger partial charge in [-0.1, -0.05) is 121 Å². The Bertz CT molecular complexity index is 1760. The summed E-state index contributed by atoms with van der Waals surface area (Å²) in [4.78, 5) is 15.1. The van der Waals surface area contributed by atoms with Gasteiger partial charge in [-0.2, -0.15) is 0 Å². The minimum Gasteiger partial charge on any atom is -0.297 e. The maximum absolute atomic E-state index is 16.0. The van der Waals surface area contributed by atoms with Crippen LogP contribution in [0.3, 0.4) is 0 Å². The number of halogens is 5. The van der Waals surface area contributed by atoms with Crippen LogP contribution < -0.4 is 0 Å². The van der Waals surface area contributed by atoms with Gasteiger partial charge < -0.3 is 0 Å². The van der Waals surface area contributed by atoms with Crippen LogP contribution in [0, 0.1) is 29.1 Å². The van der Waals surface area contributed by atoms with Crippen LogP contribution in [-0.4, -0.2) is 5.78 Å². The highest BCUT2D eigenvalue weighted by atomic mass is 19.2. The van der Waals surface area contributed by atoms with E-state index >= 15 is 13.6 Å². The molecule has 0 aromatic heterocycles. The van der Waals surface area contributed by atoms with Gasteiger partial charge in [0.15, 0.2) is 29.1 Å². The second-order valence-electron chi connectivity index (χ2n) is 9.79. The second-order valence-corrected chi connectivity index (χ2v) is 9.79. The molecule has 5 aromatic rings. The SMILES string of the molecule is O=C1[C@@H](c2ccccc2)C(c2ccccc2)=C(c2ccccc2)[C@]1(c1ccccc1)c1c(F)c(F)c(F)c(F)c1F. The van der Waals surface area contributed by atoms with Crippen LogP contribution in [-0.2, 0) is 10.2 Å². The highest BCUT2D eigenvalue weighted by molar-refractivity contribution is 6.26. The maximum Gasteiger partial charge on any atom is 0.200 e. The third-order valence-corrected chi connectivity index (χ3v) is 7.64. The fourth-order valence-electron chi connectivity index (χ4n) is 5.99. The van der Waals surface area contributed by atoms with Crippen LogP contribution in [0.5, 0.6) is 0 Å². The number of benzene rings is 5. The predicted octanol–water partition coefficient (Wildman–Crippen LogP) is 8.65. The fourth-order valence-corrected chi connectivity index (χ4v) is 5.99. The Hall–Kier alpha value is -4.84. The zero-order chi connectivity index (χ0) is 28.7. The predicted molar refractivity (Wildman–Crippen MR) is 147 cm³/mol. The molecule has 41 heavy (non-hydrogen) atoms. The molecular formula is C35H21F5O. The standard InChI is InChI=1S/C35H21F5O/c36-29-28(30(37)32(39)33(40)31(29)38)35(24-19-11-4-12-20-24)27(23-17-9-3-10-18-23)25(21-13-5-1-6-14-21)26(34(35)41)22-15-7-2-8-16-22/h1-20,26H/t26-,35+/m0/s1. The molecule has 0 amide bonds. The molecule has 1 aliphatic rings. The number of allylic oxidation sites excluding steroid dienone is 2. The summed E-state index contributed by atoms with van der Waals surface area (Å²) in [5.41, 5.74) is -1.43. The van der Waals surface area contributed by atoms with Crippen LogP contribution in [0.15, 0.2) is 121 Å². The van der Waals surface area contributed by atoms with E-state index in [4.69, 9.17) is 0 Å². The van der Waals surface area contributed by atoms with Gasteiger partial charge in [0.2, 0.25) is 5.82 Å². The number of rotatable bonds is 5. The smallest absolute Gasteiger partial charge is 0.200 e. The molecule has 0 saturated heterocycles. The van der Waals surface area contributed by atoms with Crippen molar-refractivity contribution >= 4 is 16.9 Å². The van der Waals surface area contributed by atoms with Crippen molar-refractivity contribution in [3.05, 3.63) is 178 Å². The van der Waals surface area contributed by atoms with Crippen LogP contribution in [0.2, 0.25) is 0 Å². The van der Waals surface area contributed by atoms with E-state index in [0.29, 0.717) is 22.3 Å². The van der Waals surface area contributed by atoms with Crippen molar-refractivity contribution in [2.75, 3.05) is 0 Å². The van der Waals surface area contributed by atoms with Gasteiger partial charge >= 0.3 is 0 Å². The summed E-state index contributed by atoms with van der Waals surface area (Å²) in [5.74, 6) is -12.4. The summed E-state index contributed by atoms with van der Waals surface area (Å²) in [6, 6.07) is 33.7. The molecule has 0 heterocycles. The van der Waals surface area contributed by atoms with E-state index < -0.39 is 51.8 Å². The summed E-state index contributed by atoms with van der Waals surface area (Å²) >= 11 is 0. The zero-order valence-corrected chi connectivity index (χ0v) is 21.4. The van der Waals surface area contributed by atoms with Gasteiger partial charge in [-0.05, 0) is 33.4 Å². The Morgan fingerprint density at radius 3 is 1.41 bits per heavy atom. The minimum absolute atomic E-state index is 0.0823. The molecule has 202 valence electrons. The number of hydrogen-bond donors (Lipinski definition) is 0. The molecule has 1 aliphatic carbocycles. The molecule has 0 spiro atoms. The highest BCUT2D eigenvalue weighted by Gasteiger charge is 2.59. The minimum atomic E-state index is -2.39. The summed E-state index contributed by atoms with van der Waals surface area (Å²) < 4.78 is 76.3. The molecule has 2 atom stereocenters. The van der Waals surface area contributed by atoms with Crippen molar-refractivity contribution in [3.63, 3.8) is 0 Å². The lowest BCUT2D eigenvalue weighted by atomic mass is 9.65. The second kappa shape index (κ2) is 10.3. The Morgan fingerprint density at radius 2 is 0.902 bits per heavy atom. The molecule has 0 N–H and O–H groups in total. The van der Waals surface area contributed by atoms with Crippen LogP contribution in [0.4, 0.5) is 22.0 Å². The van der Waals surface area contributed by atoms with Crippen molar-refractivity contribution in [2.45, 2.75) is 11.3 Å². The van der Waals surface area contributed by atoms with E-state index in [1.54, 1.807) is 109 Å².